The summed E-state index contributed by atoms with van der Waals surface area (Å²) in [4.78, 5) is 57.5. The molecule has 3 N–H and O–H groups in total. The van der Waals surface area contributed by atoms with Crippen LogP contribution in [0.25, 0.3) is 0 Å². The van der Waals surface area contributed by atoms with Crippen LogP contribution in [0.15, 0.2) is 30.3 Å². The number of fused-ring (bicyclic) bond motifs is 1. The number of nitrogen functional groups attached to an aromatic ring is 1. The minimum atomic E-state index is -0.892. The summed E-state index contributed by atoms with van der Waals surface area (Å²) >= 11 is 0. The second-order valence-electron chi connectivity index (χ2n) is 5.86. The molecular weight excluding hydrogens is 374 g/mol. The average molecular weight is 385 g/mol. The number of nitrogens with zero attached hydrogens (tertiary/aromatic N) is 3. The van der Waals surface area contributed by atoms with Gasteiger partial charge in [0.25, 0.3) is 29.1 Å². The highest BCUT2D eigenvalue weighted by Gasteiger charge is 2.35. The van der Waals surface area contributed by atoms with Crippen LogP contribution < -0.4 is 11.1 Å². The lowest BCUT2D eigenvalue weighted by atomic mass is 10.1. The molecule has 1 aliphatic heterocycles. The van der Waals surface area contributed by atoms with E-state index in [1.165, 1.54) is 19.2 Å². The molecule has 0 aromatic heterocycles. The maximum Gasteiger partial charge on any atom is 0.277 e. The monoisotopic (exact) mass is 385 g/mol. The van der Waals surface area contributed by atoms with E-state index in [4.69, 9.17) is 5.73 Å². The first kappa shape index (κ1) is 18.4. The summed E-state index contributed by atoms with van der Waals surface area (Å²) in [6, 6.07) is 4.96. The van der Waals surface area contributed by atoms with E-state index >= 15 is 0 Å². The molecule has 0 saturated carbocycles. The Balaban J connectivity index is 1.98. The molecule has 0 unspecified atom stereocenters. The summed E-state index contributed by atoms with van der Waals surface area (Å²) in [6.45, 7) is 0. The Hall–Kier alpha value is -4.35. The number of nitrogens with two attached hydrogens (primary N) is 1. The van der Waals surface area contributed by atoms with E-state index in [2.05, 4.69) is 5.32 Å². The van der Waals surface area contributed by atoms with Crippen LogP contribution >= 0.6 is 0 Å². The maximum absolute atomic E-state index is 12.4. The van der Waals surface area contributed by atoms with Gasteiger partial charge in [-0.2, -0.15) is 0 Å². The van der Waals surface area contributed by atoms with E-state index in [1.807, 2.05) is 0 Å². The van der Waals surface area contributed by atoms with Crippen LogP contribution in [0, 0.1) is 20.2 Å². The summed E-state index contributed by atoms with van der Waals surface area (Å²) in [7, 11) is 1.28. The van der Waals surface area contributed by atoms with Crippen molar-refractivity contribution in [3.8, 4) is 0 Å². The Morgan fingerprint density at radius 1 is 1.00 bits per heavy atom. The van der Waals surface area contributed by atoms with Crippen molar-refractivity contribution in [3.63, 3.8) is 0 Å². The number of carbonyl (C=O) groups excluding carboxylic acids is 3. The molecule has 28 heavy (non-hydrogen) atoms. The fraction of sp³-hybridized carbons (Fsp3) is 0.0625. The average Bonchev–Trinajstić information content (AvgIpc) is 2.85. The Labute approximate surface area is 155 Å². The van der Waals surface area contributed by atoms with E-state index in [-0.39, 0.29) is 28.1 Å². The third-order valence-electron chi connectivity index (χ3n) is 4.07. The number of benzene rings is 2. The molecular formula is C16H11N5O7. The van der Waals surface area contributed by atoms with Gasteiger partial charge in [-0.05, 0) is 12.1 Å². The van der Waals surface area contributed by atoms with Gasteiger partial charge >= 0.3 is 0 Å². The zero-order chi connectivity index (χ0) is 20.7. The van der Waals surface area contributed by atoms with Gasteiger partial charge in [0.05, 0.1) is 32.6 Å². The van der Waals surface area contributed by atoms with Crippen LogP contribution in [-0.2, 0) is 0 Å². The zero-order valence-electron chi connectivity index (χ0n) is 14.2. The molecule has 0 saturated heterocycles. The lowest BCUT2D eigenvalue weighted by Crippen LogP contribution is -2.24. The van der Waals surface area contributed by atoms with Crippen molar-refractivity contribution in [2.45, 2.75) is 0 Å². The summed E-state index contributed by atoms with van der Waals surface area (Å²) in [5.41, 5.74) is 4.22. The zero-order valence-corrected chi connectivity index (χ0v) is 14.2. The first-order chi connectivity index (χ1) is 13.1. The number of anilines is 2. The summed E-state index contributed by atoms with van der Waals surface area (Å²) in [5.74, 6) is -2.07. The van der Waals surface area contributed by atoms with Gasteiger partial charge in [-0.15, -0.1) is 0 Å². The van der Waals surface area contributed by atoms with Crippen LogP contribution in [-0.4, -0.2) is 39.5 Å². The normalized spacial score (nSPS) is 12.7. The molecule has 0 atom stereocenters. The van der Waals surface area contributed by atoms with Crippen LogP contribution in [0.3, 0.4) is 0 Å². The third-order valence-corrected chi connectivity index (χ3v) is 4.07. The number of hydrogen-bond donors (Lipinski definition) is 2. The van der Waals surface area contributed by atoms with Crippen molar-refractivity contribution >= 4 is 40.5 Å². The van der Waals surface area contributed by atoms with E-state index in [9.17, 15) is 34.6 Å². The molecule has 0 aliphatic carbocycles. The molecule has 0 fully saturated rings. The molecule has 3 amide bonds. The van der Waals surface area contributed by atoms with Gasteiger partial charge in [0.15, 0.2) is 0 Å². The number of carbonyl (C=O) groups is 3. The van der Waals surface area contributed by atoms with E-state index in [0.717, 1.165) is 23.1 Å². The third kappa shape index (κ3) is 2.98. The Kier molecular flexibility index (Phi) is 4.23. The minimum absolute atomic E-state index is 0.00665. The van der Waals surface area contributed by atoms with Crippen LogP contribution in [0.2, 0.25) is 0 Å². The summed E-state index contributed by atoms with van der Waals surface area (Å²) in [6.07, 6.45) is 0. The SMILES string of the molecule is CN1C(=O)c2cc(NC(=O)c3cc([N+](=O)[O-])cc([N+](=O)[O-])c3)cc(N)c2C1=O. The number of imide groups is 1. The first-order valence-electron chi connectivity index (χ1n) is 7.61. The lowest BCUT2D eigenvalue weighted by Gasteiger charge is -2.08. The van der Waals surface area contributed by atoms with Crippen molar-refractivity contribution in [3.05, 3.63) is 67.3 Å². The molecule has 2 aromatic carbocycles. The Morgan fingerprint density at radius 3 is 2.11 bits per heavy atom. The molecule has 12 nitrogen and oxygen atoms in total. The topological polar surface area (TPSA) is 179 Å². The Morgan fingerprint density at radius 2 is 1.57 bits per heavy atom. The predicted molar refractivity (Wildman–Crippen MR) is 95.0 cm³/mol. The van der Waals surface area contributed by atoms with Gasteiger partial charge in [-0.3, -0.25) is 39.5 Å². The number of hydrogen-bond acceptors (Lipinski definition) is 8. The minimum Gasteiger partial charge on any atom is -0.398 e. The molecule has 142 valence electrons. The van der Waals surface area contributed by atoms with Crippen molar-refractivity contribution < 1.29 is 24.2 Å². The van der Waals surface area contributed by atoms with Gasteiger partial charge in [-0.25, -0.2) is 0 Å². The molecule has 2 aromatic rings. The number of nitro groups is 2. The van der Waals surface area contributed by atoms with Crippen LogP contribution in [0.1, 0.15) is 31.1 Å². The standard InChI is InChI=1S/C16H11N5O7/c1-19-15(23)11-4-8(5-12(17)13(11)16(19)24)18-14(22)7-2-9(20(25)26)6-10(3-7)21(27)28/h2-6H,17H2,1H3,(H,18,22). The maximum atomic E-state index is 12.4. The second-order valence-corrected chi connectivity index (χ2v) is 5.86. The largest absolute Gasteiger partial charge is 0.398 e. The highest BCUT2D eigenvalue weighted by Crippen LogP contribution is 2.31. The quantitative estimate of drug-likeness (QED) is 0.344. The molecule has 0 bridgehead atoms. The van der Waals surface area contributed by atoms with Gasteiger partial charge in [0.1, 0.15) is 0 Å². The molecule has 12 heteroatoms. The fourth-order valence-corrected chi connectivity index (χ4v) is 2.73. The number of nitro benzene ring substituents is 2. The molecule has 3 rings (SSSR count). The predicted octanol–water partition coefficient (Wildman–Crippen LogP) is 1.56. The lowest BCUT2D eigenvalue weighted by molar-refractivity contribution is -0.394. The summed E-state index contributed by atoms with van der Waals surface area (Å²) < 4.78 is 0. The highest BCUT2D eigenvalue weighted by atomic mass is 16.6. The molecule has 0 radical (unpaired) electrons. The van der Waals surface area contributed by atoms with Crippen molar-refractivity contribution in [2.75, 3.05) is 18.1 Å². The molecule has 1 aliphatic rings. The number of nitrogens with one attached hydrogen (secondary N) is 1. The van der Waals surface area contributed by atoms with Crippen molar-refractivity contribution in [2.24, 2.45) is 0 Å². The number of rotatable bonds is 4. The smallest absolute Gasteiger partial charge is 0.277 e. The van der Waals surface area contributed by atoms with Crippen LogP contribution in [0.5, 0.6) is 0 Å². The van der Waals surface area contributed by atoms with Gasteiger partial charge in [0, 0.05) is 30.6 Å². The molecule has 0 spiro atoms. The molecule has 1 heterocycles. The van der Waals surface area contributed by atoms with Crippen molar-refractivity contribution in [1.82, 2.24) is 4.90 Å². The fourth-order valence-electron chi connectivity index (χ4n) is 2.73. The number of amides is 3. The van der Waals surface area contributed by atoms with E-state index < -0.39 is 38.9 Å². The van der Waals surface area contributed by atoms with Gasteiger partial charge < -0.3 is 11.1 Å². The summed E-state index contributed by atoms with van der Waals surface area (Å²) in [5, 5.41) is 24.2. The number of non-ortho nitro benzene ring substituents is 2. The first-order valence-corrected chi connectivity index (χ1v) is 7.61. The second kappa shape index (κ2) is 6.42. The van der Waals surface area contributed by atoms with Gasteiger partial charge in [0.2, 0.25) is 0 Å². The van der Waals surface area contributed by atoms with E-state index in [0.29, 0.717) is 0 Å². The highest BCUT2D eigenvalue weighted by molar-refractivity contribution is 6.24. The van der Waals surface area contributed by atoms with E-state index in [1.54, 1.807) is 0 Å². The van der Waals surface area contributed by atoms with Gasteiger partial charge in [-0.1, -0.05) is 0 Å². The van der Waals surface area contributed by atoms with Crippen LogP contribution in [0.4, 0.5) is 22.7 Å². The van der Waals surface area contributed by atoms with Crippen molar-refractivity contribution in [1.29, 1.82) is 0 Å². The Bertz CT molecular complexity index is 1060.